The number of carboxylic acid groups (broad SMARTS) is 1. The predicted molar refractivity (Wildman–Crippen MR) is 74.5 cm³/mol. The first-order valence-corrected chi connectivity index (χ1v) is 7.45. The zero-order valence-electron chi connectivity index (χ0n) is 9.92. The summed E-state index contributed by atoms with van der Waals surface area (Å²) in [6.07, 6.45) is 0.945. The molecule has 0 aliphatic rings. The Bertz CT molecular complexity index is 551. The molecule has 0 atom stereocenters. The van der Waals surface area contributed by atoms with Crippen LogP contribution in [0.5, 0.6) is 0 Å². The molecule has 2 rings (SSSR count). The lowest BCUT2D eigenvalue weighted by molar-refractivity contribution is 0.0693. The Morgan fingerprint density at radius 1 is 1.44 bits per heavy atom. The van der Waals surface area contributed by atoms with E-state index in [0.717, 1.165) is 22.0 Å². The first-order valence-electron chi connectivity index (χ1n) is 5.59. The van der Waals surface area contributed by atoms with Gasteiger partial charge in [-0.25, -0.2) is 9.78 Å². The summed E-state index contributed by atoms with van der Waals surface area (Å²) < 4.78 is 0. The highest BCUT2D eigenvalue weighted by Gasteiger charge is 2.10. The molecule has 1 heterocycles. The van der Waals surface area contributed by atoms with E-state index in [1.54, 1.807) is 23.5 Å². The van der Waals surface area contributed by atoms with Crippen LogP contribution in [0.15, 0.2) is 34.5 Å². The molecule has 0 spiro atoms. The summed E-state index contributed by atoms with van der Waals surface area (Å²) >= 11 is 3.17. The Hall–Kier alpha value is -1.33. The van der Waals surface area contributed by atoms with Crippen LogP contribution in [0.4, 0.5) is 0 Å². The van der Waals surface area contributed by atoms with E-state index < -0.39 is 5.97 Å². The molecular weight excluding hydrogens is 266 g/mol. The van der Waals surface area contributed by atoms with E-state index >= 15 is 0 Å². The second-order valence-corrected chi connectivity index (χ2v) is 5.64. The number of hydrogen-bond acceptors (Lipinski definition) is 4. The number of thioether (sulfide) groups is 1. The van der Waals surface area contributed by atoms with Gasteiger partial charge in [-0.1, -0.05) is 19.1 Å². The van der Waals surface area contributed by atoms with E-state index in [1.807, 2.05) is 17.5 Å². The largest absolute Gasteiger partial charge is 0.478 e. The Labute approximate surface area is 114 Å². The number of aromatic carboxylic acids is 1. The number of nitrogens with zero attached hydrogens (tertiary/aromatic N) is 1. The zero-order chi connectivity index (χ0) is 13.0. The molecule has 0 unspecified atom stereocenters. The van der Waals surface area contributed by atoms with Gasteiger partial charge in [0.05, 0.1) is 16.3 Å². The molecular formula is C13H13NO2S2. The van der Waals surface area contributed by atoms with Crippen LogP contribution >= 0.6 is 23.1 Å². The molecule has 2 aromatic rings. The maximum absolute atomic E-state index is 11.1. The maximum Gasteiger partial charge on any atom is 0.336 e. The Kier molecular flexibility index (Phi) is 4.38. The third-order valence-electron chi connectivity index (χ3n) is 2.39. The fraction of sp³-hybridized carbons (Fsp3) is 0.231. The van der Waals surface area contributed by atoms with Crippen LogP contribution in [0.3, 0.4) is 0 Å². The minimum absolute atomic E-state index is 0.355. The third-order valence-corrected chi connectivity index (χ3v) is 4.54. The van der Waals surface area contributed by atoms with Crippen molar-refractivity contribution >= 4 is 29.1 Å². The highest BCUT2D eigenvalue weighted by molar-refractivity contribution is 7.98. The van der Waals surface area contributed by atoms with E-state index in [0.29, 0.717) is 11.3 Å². The molecule has 94 valence electrons. The van der Waals surface area contributed by atoms with Gasteiger partial charge in [0.1, 0.15) is 0 Å². The monoisotopic (exact) mass is 279 g/mol. The van der Waals surface area contributed by atoms with Gasteiger partial charge in [0.2, 0.25) is 0 Å². The number of carboxylic acids is 1. The highest BCUT2D eigenvalue weighted by atomic mass is 32.2. The molecule has 3 nitrogen and oxygen atoms in total. The Morgan fingerprint density at radius 2 is 2.22 bits per heavy atom. The summed E-state index contributed by atoms with van der Waals surface area (Å²) in [5, 5.41) is 12.2. The maximum atomic E-state index is 11.1. The first-order chi connectivity index (χ1) is 8.70. The van der Waals surface area contributed by atoms with Crippen molar-refractivity contribution in [1.29, 1.82) is 0 Å². The molecule has 0 aliphatic heterocycles. The molecule has 1 N–H and O–H groups in total. The normalized spacial score (nSPS) is 10.5. The fourth-order valence-electron chi connectivity index (χ4n) is 1.50. The number of aromatic nitrogens is 1. The molecule has 0 amide bonds. The van der Waals surface area contributed by atoms with Crippen molar-refractivity contribution in [2.24, 2.45) is 0 Å². The average Bonchev–Trinajstić information content (AvgIpc) is 2.84. The van der Waals surface area contributed by atoms with Crippen LogP contribution in [0.25, 0.3) is 0 Å². The molecule has 0 saturated carbocycles. The van der Waals surface area contributed by atoms with Crippen LogP contribution in [-0.2, 0) is 12.2 Å². The van der Waals surface area contributed by atoms with Gasteiger partial charge in [0, 0.05) is 16.0 Å². The van der Waals surface area contributed by atoms with Gasteiger partial charge in [0.15, 0.2) is 0 Å². The first kappa shape index (κ1) is 13.1. The highest BCUT2D eigenvalue weighted by Crippen LogP contribution is 2.26. The lowest BCUT2D eigenvalue weighted by Gasteiger charge is -2.03. The quantitative estimate of drug-likeness (QED) is 0.848. The van der Waals surface area contributed by atoms with Crippen molar-refractivity contribution in [3.63, 3.8) is 0 Å². The van der Waals surface area contributed by atoms with Crippen LogP contribution in [0.1, 0.15) is 28.0 Å². The number of benzene rings is 1. The average molecular weight is 279 g/mol. The SMILES string of the molecule is CCc1nc(CSc2ccccc2C(=O)O)cs1. The van der Waals surface area contributed by atoms with E-state index in [1.165, 1.54) is 11.8 Å². The van der Waals surface area contributed by atoms with Crippen molar-refractivity contribution in [3.8, 4) is 0 Å². The number of hydrogen-bond donors (Lipinski definition) is 1. The van der Waals surface area contributed by atoms with Crippen molar-refractivity contribution in [2.75, 3.05) is 0 Å². The standard InChI is InChI=1S/C13H13NO2S2/c1-2-12-14-9(8-18-12)7-17-11-6-4-3-5-10(11)13(15)16/h3-6,8H,2,7H2,1H3,(H,15,16). The predicted octanol–water partition coefficient (Wildman–Crippen LogP) is 3.70. The Morgan fingerprint density at radius 3 is 2.89 bits per heavy atom. The molecule has 1 aromatic carbocycles. The van der Waals surface area contributed by atoms with Gasteiger partial charge in [-0.05, 0) is 18.6 Å². The number of carbonyl (C=O) groups is 1. The third kappa shape index (κ3) is 3.11. The van der Waals surface area contributed by atoms with Gasteiger partial charge in [-0.15, -0.1) is 23.1 Å². The van der Waals surface area contributed by atoms with E-state index in [-0.39, 0.29) is 0 Å². The molecule has 0 bridgehead atoms. The summed E-state index contributed by atoms with van der Waals surface area (Å²) in [4.78, 5) is 16.3. The van der Waals surface area contributed by atoms with Crippen molar-refractivity contribution in [2.45, 2.75) is 24.0 Å². The summed E-state index contributed by atoms with van der Waals surface area (Å²) in [5.41, 5.74) is 1.37. The topological polar surface area (TPSA) is 50.2 Å². The smallest absolute Gasteiger partial charge is 0.336 e. The molecule has 18 heavy (non-hydrogen) atoms. The molecule has 0 radical (unpaired) electrons. The number of thiazole rings is 1. The van der Waals surface area contributed by atoms with Gasteiger partial charge >= 0.3 is 5.97 Å². The molecule has 0 fully saturated rings. The lowest BCUT2D eigenvalue weighted by atomic mass is 10.2. The Balaban J connectivity index is 2.08. The zero-order valence-corrected chi connectivity index (χ0v) is 11.6. The molecule has 0 aliphatic carbocycles. The minimum atomic E-state index is -0.884. The molecule has 0 saturated heterocycles. The summed E-state index contributed by atoms with van der Waals surface area (Å²) in [5.74, 6) is -0.175. The van der Waals surface area contributed by atoms with E-state index in [2.05, 4.69) is 11.9 Å². The van der Waals surface area contributed by atoms with Crippen molar-refractivity contribution in [3.05, 3.63) is 45.9 Å². The van der Waals surface area contributed by atoms with Gasteiger partial charge in [-0.3, -0.25) is 0 Å². The molecule has 1 aromatic heterocycles. The van der Waals surface area contributed by atoms with Crippen molar-refractivity contribution in [1.82, 2.24) is 4.98 Å². The van der Waals surface area contributed by atoms with Crippen molar-refractivity contribution < 1.29 is 9.90 Å². The second-order valence-electron chi connectivity index (χ2n) is 3.68. The molecule has 5 heteroatoms. The lowest BCUT2D eigenvalue weighted by Crippen LogP contribution is -1.98. The van der Waals surface area contributed by atoms with Crippen LogP contribution < -0.4 is 0 Å². The van der Waals surface area contributed by atoms with Gasteiger partial charge < -0.3 is 5.11 Å². The summed E-state index contributed by atoms with van der Waals surface area (Å²) in [7, 11) is 0. The van der Waals surface area contributed by atoms with E-state index in [4.69, 9.17) is 5.11 Å². The van der Waals surface area contributed by atoms with Gasteiger partial charge in [0.25, 0.3) is 0 Å². The van der Waals surface area contributed by atoms with Crippen LogP contribution in [0, 0.1) is 0 Å². The number of rotatable bonds is 5. The fourth-order valence-corrected chi connectivity index (χ4v) is 3.29. The van der Waals surface area contributed by atoms with Crippen LogP contribution in [-0.4, -0.2) is 16.1 Å². The van der Waals surface area contributed by atoms with Gasteiger partial charge in [-0.2, -0.15) is 0 Å². The van der Waals surface area contributed by atoms with E-state index in [9.17, 15) is 4.79 Å². The van der Waals surface area contributed by atoms with Crippen LogP contribution in [0.2, 0.25) is 0 Å². The summed E-state index contributed by atoms with van der Waals surface area (Å²) in [6, 6.07) is 7.06. The summed E-state index contributed by atoms with van der Waals surface area (Å²) in [6.45, 7) is 2.08. The number of aryl methyl sites for hydroxylation is 1. The second kappa shape index (κ2) is 6.02. The minimum Gasteiger partial charge on any atom is -0.478 e.